The van der Waals surface area contributed by atoms with Crippen molar-refractivity contribution in [3.05, 3.63) is 27.0 Å². The second-order valence-corrected chi connectivity index (χ2v) is 5.24. The number of rotatable bonds is 4. The van der Waals surface area contributed by atoms with Crippen molar-refractivity contribution in [2.75, 3.05) is 14.2 Å². The third-order valence-corrected chi connectivity index (χ3v) is 3.51. The van der Waals surface area contributed by atoms with E-state index in [2.05, 4.69) is 9.98 Å². The molecule has 0 saturated heterocycles. The highest BCUT2D eigenvalue weighted by atomic mass is 32.1. The van der Waals surface area contributed by atoms with Gasteiger partial charge in [0.25, 0.3) is 0 Å². The normalized spacial score (nSPS) is 10.8. The molecule has 1 heterocycles. The van der Waals surface area contributed by atoms with Crippen molar-refractivity contribution >= 4 is 35.5 Å². The van der Waals surface area contributed by atoms with Crippen LogP contribution in [0.2, 0.25) is 0 Å². The van der Waals surface area contributed by atoms with E-state index in [1.54, 1.807) is 38.6 Å². The predicted octanol–water partition coefficient (Wildman–Crippen LogP) is 3.28. The van der Waals surface area contributed by atoms with Gasteiger partial charge in [-0.3, -0.25) is 4.99 Å². The number of hydrogen-bond acceptors (Lipinski definition) is 6. The molecule has 0 fully saturated rings. The summed E-state index contributed by atoms with van der Waals surface area (Å²) in [5.41, 5.74) is 0.691. The molecule has 0 aliphatic rings. The molecule has 0 saturated carbocycles. The van der Waals surface area contributed by atoms with Crippen LogP contribution in [0, 0.1) is 3.95 Å². The average molecular weight is 296 g/mol. The highest BCUT2D eigenvalue weighted by Gasteiger charge is 2.04. The largest absolute Gasteiger partial charge is 0.494 e. The number of methoxy groups -OCH3 is 2. The molecule has 5 nitrogen and oxygen atoms in total. The second kappa shape index (κ2) is 5.85. The van der Waals surface area contributed by atoms with Crippen molar-refractivity contribution in [3.8, 4) is 17.4 Å². The number of ether oxygens (including phenoxy) is 2. The van der Waals surface area contributed by atoms with Gasteiger partial charge in [0.2, 0.25) is 5.88 Å². The lowest BCUT2D eigenvalue weighted by Gasteiger charge is -2.07. The highest BCUT2D eigenvalue weighted by molar-refractivity contribution is 7.73. The number of thiazole rings is 1. The summed E-state index contributed by atoms with van der Waals surface area (Å²) < 4.78 is 10.8. The number of nitrogens with one attached hydrogen (secondary N) is 1. The molecule has 100 valence electrons. The molecule has 1 aromatic heterocycles. The molecule has 1 aromatic carbocycles. The molecule has 2 N–H and O–H groups in total. The Balaban J connectivity index is 2.28. The lowest BCUT2D eigenvalue weighted by atomic mass is 10.3. The van der Waals surface area contributed by atoms with Crippen molar-refractivity contribution in [2.24, 2.45) is 4.99 Å². The van der Waals surface area contributed by atoms with Crippen molar-refractivity contribution in [1.82, 2.24) is 4.98 Å². The molecule has 0 atom stereocenters. The number of benzene rings is 1. The van der Waals surface area contributed by atoms with Crippen LogP contribution in [0.3, 0.4) is 0 Å². The van der Waals surface area contributed by atoms with E-state index in [9.17, 15) is 5.11 Å². The number of nitrogens with zero attached hydrogens (tertiary/aromatic N) is 1. The van der Waals surface area contributed by atoms with Crippen LogP contribution in [0.15, 0.2) is 23.2 Å². The molecule has 7 heteroatoms. The minimum absolute atomic E-state index is 0.0271. The van der Waals surface area contributed by atoms with Gasteiger partial charge < -0.3 is 19.6 Å². The van der Waals surface area contributed by atoms with E-state index in [-0.39, 0.29) is 5.88 Å². The summed E-state index contributed by atoms with van der Waals surface area (Å²) in [6.07, 6.45) is 1.55. The SMILES string of the molecule is COc1ccc(N=Cc2sc(=S)[nH]c2O)cc1OC. The van der Waals surface area contributed by atoms with Crippen LogP contribution < -0.4 is 9.47 Å². The van der Waals surface area contributed by atoms with E-state index in [1.165, 1.54) is 11.3 Å². The van der Waals surface area contributed by atoms with Gasteiger partial charge in [-0.1, -0.05) is 11.3 Å². The first-order chi connectivity index (χ1) is 9.13. The molecule has 0 unspecified atom stereocenters. The Kier molecular flexibility index (Phi) is 4.18. The van der Waals surface area contributed by atoms with Crippen molar-refractivity contribution in [3.63, 3.8) is 0 Å². The first-order valence-electron chi connectivity index (χ1n) is 5.32. The number of H-pyrrole nitrogens is 1. The molecular weight excluding hydrogens is 284 g/mol. The van der Waals surface area contributed by atoms with Crippen LogP contribution in [0.1, 0.15) is 4.88 Å². The van der Waals surface area contributed by atoms with E-state index in [4.69, 9.17) is 21.7 Å². The third kappa shape index (κ3) is 3.12. The fraction of sp³-hybridized carbons (Fsp3) is 0.167. The van der Waals surface area contributed by atoms with E-state index in [0.29, 0.717) is 26.0 Å². The summed E-state index contributed by atoms with van der Waals surface area (Å²) in [4.78, 5) is 7.48. The Morgan fingerprint density at radius 1 is 1.32 bits per heavy atom. The van der Waals surface area contributed by atoms with E-state index >= 15 is 0 Å². The number of aromatic nitrogens is 1. The predicted molar refractivity (Wildman–Crippen MR) is 78.0 cm³/mol. The summed E-state index contributed by atoms with van der Waals surface area (Å²) in [6, 6.07) is 5.31. The molecule has 0 bridgehead atoms. The maximum absolute atomic E-state index is 9.54. The van der Waals surface area contributed by atoms with Crippen LogP contribution in [0.4, 0.5) is 5.69 Å². The monoisotopic (exact) mass is 296 g/mol. The van der Waals surface area contributed by atoms with Crippen molar-refractivity contribution < 1.29 is 14.6 Å². The van der Waals surface area contributed by atoms with Gasteiger partial charge in [0.15, 0.2) is 15.5 Å². The van der Waals surface area contributed by atoms with E-state index in [0.717, 1.165) is 0 Å². The quantitative estimate of drug-likeness (QED) is 0.671. The van der Waals surface area contributed by atoms with Gasteiger partial charge in [0.05, 0.1) is 26.1 Å². The zero-order valence-corrected chi connectivity index (χ0v) is 12.0. The molecule has 0 radical (unpaired) electrons. The summed E-state index contributed by atoms with van der Waals surface area (Å²) >= 11 is 6.18. The summed E-state index contributed by atoms with van der Waals surface area (Å²) in [6.45, 7) is 0. The Bertz CT molecular complexity index is 661. The molecular formula is C12H12N2O3S2. The van der Waals surface area contributed by atoms with Crippen LogP contribution in [-0.2, 0) is 0 Å². The maximum atomic E-state index is 9.54. The van der Waals surface area contributed by atoms with Crippen LogP contribution >= 0.6 is 23.6 Å². The average Bonchev–Trinajstić information content (AvgIpc) is 2.74. The number of aliphatic imine (C=N–C) groups is 1. The summed E-state index contributed by atoms with van der Waals surface area (Å²) in [5.74, 6) is 1.27. The molecule has 0 aliphatic carbocycles. The lowest BCUT2D eigenvalue weighted by Crippen LogP contribution is -1.89. The molecule has 0 amide bonds. The lowest BCUT2D eigenvalue weighted by molar-refractivity contribution is 0.355. The molecule has 2 aromatic rings. The van der Waals surface area contributed by atoms with Gasteiger partial charge in [0.1, 0.15) is 4.88 Å². The van der Waals surface area contributed by atoms with Gasteiger partial charge in [-0.25, -0.2) is 0 Å². The van der Waals surface area contributed by atoms with Crippen molar-refractivity contribution in [2.45, 2.75) is 0 Å². The van der Waals surface area contributed by atoms with E-state index < -0.39 is 0 Å². The number of hydrogen-bond donors (Lipinski definition) is 2. The Hall–Kier alpha value is -1.86. The minimum atomic E-state index is 0.0271. The molecule has 2 rings (SSSR count). The first kappa shape index (κ1) is 13.6. The fourth-order valence-corrected chi connectivity index (χ4v) is 2.42. The number of aromatic hydroxyl groups is 1. The maximum Gasteiger partial charge on any atom is 0.209 e. The minimum Gasteiger partial charge on any atom is -0.494 e. The third-order valence-electron chi connectivity index (χ3n) is 2.35. The second-order valence-electron chi connectivity index (χ2n) is 3.52. The molecule has 19 heavy (non-hydrogen) atoms. The summed E-state index contributed by atoms with van der Waals surface area (Å²) in [5, 5.41) is 9.54. The smallest absolute Gasteiger partial charge is 0.209 e. The summed E-state index contributed by atoms with van der Waals surface area (Å²) in [7, 11) is 3.14. The Labute approximate surface area is 119 Å². The molecule has 0 aliphatic heterocycles. The van der Waals surface area contributed by atoms with Crippen LogP contribution in [-0.4, -0.2) is 30.5 Å². The van der Waals surface area contributed by atoms with Gasteiger partial charge >= 0.3 is 0 Å². The standard InChI is InChI=1S/C12H12N2O3S2/c1-16-8-4-3-7(5-9(8)17-2)13-6-10-11(15)14-12(18)19-10/h3-6,15H,1-2H3,(H,14,18). The van der Waals surface area contributed by atoms with Gasteiger partial charge in [0, 0.05) is 6.07 Å². The zero-order valence-electron chi connectivity index (χ0n) is 10.3. The van der Waals surface area contributed by atoms with Crippen LogP contribution in [0.5, 0.6) is 17.4 Å². The van der Waals surface area contributed by atoms with E-state index in [1.807, 2.05) is 0 Å². The van der Waals surface area contributed by atoms with Gasteiger partial charge in [-0.15, -0.1) is 0 Å². The van der Waals surface area contributed by atoms with Gasteiger partial charge in [-0.2, -0.15) is 0 Å². The zero-order chi connectivity index (χ0) is 13.8. The number of aromatic amines is 1. The topological polar surface area (TPSA) is 66.8 Å². The Morgan fingerprint density at radius 2 is 2.05 bits per heavy atom. The fourth-order valence-electron chi connectivity index (χ4n) is 1.46. The molecule has 0 spiro atoms. The highest BCUT2D eigenvalue weighted by Crippen LogP contribution is 2.31. The first-order valence-corrected chi connectivity index (χ1v) is 6.54. The van der Waals surface area contributed by atoms with Crippen molar-refractivity contribution in [1.29, 1.82) is 0 Å². The van der Waals surface area contributed by atoms with Crippen LogP contribution in [0.25, 0.3) is 0 Å². The Morgan fingerprint density at radius 3 is 2.63 bits per heavy atom. The van der Waals surface area contributed by atoms with Gasteiger partial charge in [-0.05, 0) is 24.4 Å².